The number of hydrogen-bond acceptors (Lipinski definition) is 2. The minimum Gasteiger partial charge on any atom is -0.298 e. The molecule has 0 aromatic heterocycles. The number of halogens is 1. The van der Waals surface area contributed by atoms with E-state index in [0.717, 1.165) is 25.9 Å². The average Bonchev–Trinajstić information content (AvgIpc) is 2.37. The lowest BCUT2D eigenvalue weighted by Crippen LogP contribution is -2.47. The van der Waals surface area contributed by atoms with Gasteiger partial charge in [0.2, 0.25) is 0 Å². The molecular weight excluding hydrogens is 241 g/mol. The van der Waals surface area contributed by atoms with Crippen molar-refractivity contribution in [2.24, 2.45) is 5.92 Å². The third kappa shape index (κ3) is 3.41. The molecule has 2 nitrogen and oxygen atoms in total. The van der Waals surface area contributed by atoms with Gasteiger partial charge in [-0.3, -0.25) is 9.69 Å². The summed E-state index contributed by atoms with van der Waals surface area (Å²) in [4.78, 5) is 14.7. The molecule has 104 valence electrons. The molecule has 19 heavy (non-hydrogen) atoms. The predicted octanol–water partition coefficient (Wildman–Crippen LogP) is 3.52. The fraction of sp³-hybridized carbons (Fsp3) is 0.562. The molecule has 3 heteroatoms. The van der Waals surface area contributed by atoms with E-state index in [1.807, 2.05) is 0 Å². The molecule has 1 heterocycles. The van der Waals surface area contributed by atoms with E-state index in [9.17, 15) is 9.18 Å². The van der Waals surface area contributed by atoms with Gasteiger partial charge in [-0.1, -0.05) is 12.1 Å². The smallest absolute Gasteiger partial charge is 0.166 e. The van der Waals surface area contributed by atoms with Crippen molar-refractivity contribution in [3.05, 3.63) is 35.6 Å². The average molecular weight is 263 g/mol. The van der Waals surface area contributed by atoms with E-state index >= 15 is 0 Å². The van der Waals surface area contributed by atoms with E-state index < -0.39 is 0 Å². The summed E-state index contributed by atoms with van der Waals surface area (Å²) in [6.07, 6.45) is 1.74. The van der Waals surface area contributed by atoms with Gasteiger partial charge < -0.3 is 0 Å². The lowest BCUT2D eigenvalue weighted by Gasteiger charge is -2.40. The Labute approximate surface area is 114 Å². The third-order valence-corrected chi connectivity index (χ3v) is 3.92. The van der Waals surface area contributed by atoms with E-state index in [1.54, 1.807) is 12.1 Å². The second-order valence-electron chi connectivity index (χ2n) is 6.31. The fourth-order valence-electron chi connectivity index (χ4n) is 2.69. The van der Waals surface area contributed by atoms with E-state index in [1.165, 1.54) is 12.1 Å². The number of nitrogens with zero attached hydrogens (tertiary/aromatic N) is 1. The van der Waals surface area contributed by atoms with Crippen molar-refractivity contribution < 1.29 is 9.18 Å². The van der Waals surface area contributed by atoms with Gasteiger partial charge in [0.05, 0.1) is 0 Å². The van der Waals surface area contributed by atoms with Crippen LogP contribution in [0.3, 0.4) is 0 Å². The summed E-state index contributed by atoms with van der Waals surface area (Å²) < 4.78 is 13.2. The molecule has 1 saturated heterocycles. The monoisotopic (exact) mass is 263 g/mol. The van der Waals surface area contributed by atoms with Crippen LogP contribution in [0.1, 0.15) is 44.0 Å². The zero-order valence-electron chi connectivity index (χ0n) is 11.9. The lowest BCUT2D eigenvalue weighted by molar-refractivity contribution is 0.0675. The number of ketones is 1. The van der Waals surface area contributed by atoms with E-state index in [2.05, 4.69) is 25.7 Å². The second kappa shape index (κ2) is 5.41. The first-order valence-corrected chi connectivity index (χ1v) is 6.93. The molecule has 0 bridgehead atoms. The molecule has 1 aromatic rings. The first kappa shape index (κ1) is 14.2. The Kier molecular flexibility index (Phi) is 4.04. The van der Waals surface area contributed by atoms with Crippen molar-refractivity contribution >= 4 is 5.78 Å². The van der Waals surface area contributed by atoms with Gasteiger partial charge in [0.1, 0.15) is 5.82 Å². The molecule has 0 saturated carbocycles. The maximum Gasteiger partial charge on any atom is 0.166 e. The van der Waals surface area contributed by atoms with Gasteiger partial charge in [-0.05, 0) is 58.8 Å². The van der Waals surface area contributed by atoms with Crippen molar-refractivity contribution in [3.63, 3.8) is 0 Å². The zero-order valence-corrected chi connectivity index (χ0v) is 11.9. The highest BCUT2D eigenvalue weighted by Crippen LogP contribution is 2.26. The Morgan fingerprint density at radius 2 is 1.89 bits per heavy atom. The van der Waals surface area contributed by atoms with Crippen molar-refractivity contribution in [2.75, 3.05) is 13.1 Å². The van der Waals surface area contributed by atoms with Crippen LogP contribution in [0.4, 0.5) is 4.39 Å². The molecule has 0 spiro atoms. The van der Waals surface area contributed by atoms with Gasteiger partial charge in [0.25, 0.3) is 0 Å². The largest absolute Gasteiger partial charge is 0.298 e. The number of Topliss-reactive ketones (excluding diaryl/α,β-unsaturated/α-hetero) is 1. The van der Waals surface area contributed by atoms with Crippen LogP contribution < -0.4 is 0 Å². The number of piperidine rings is 1. The van der Waals surface area contributed by atoms with Crippen LogP contribution in [0.25, 0.3) is 0 Å². The van der Waals surface area contributed by atoms with Crippen LogP contribution in [0.15, 0.2) is 24.3 Å². The summed E-state index contributed by atoms with van der Waals surface area (Å²) in [5.41, 5.74) is 0.668. The number of carbonyl (C=O) groups is 1. The van der Waals surface area contributed by atoms with Crippen LogP contribution >= 0.6 is 0 Å². The van der Waals surface area contributed by atoms with E-state index in [4.69, 9.17) is 0 Å². The van der Waals surface area contributed by atoms with Crippen LogP contribution in [0.5, 0.6) is 0 Å². The van der Waals surface area contributed by atoms with Crippen LogP contribution in [-0.2, 0) is 0 Å². The van der Waals surface area contributed by atoms with Crippen molar-refractivity contribution in [2.45, 2.75) is 39.2 Å². The molecule has 0 aliphatic carbocycles. The molecule has 1 aromatic carbocycles. The minimum atomic E-state index is -0.335. The Morgan fingerprint density at radius 1 is 1.26 bits per heavy atom. The van der Waals surface area contributed by atoms with Gasteiger partial charge >= 0.3 is 0 Å². The third-order valence-electron chi connectivity index (χ3n) is 3.92. The Hall–Kier alpha value is -1.22. The topological polar surface area (TPSA) is 20.3 Å². The predicted molar refractivity (Wildman–Crippen MR) is 74.8 cm³/mol. The summed E-state index contributed by atoms with van der Waals surface area (Å²) in [5, 5.41) is 0. The molecule has 1 fully saturated rings. The molecule has 0 amide bonds. The van der Waals surface area contributed by atoms with Crippen LogP contribution in [-0.4, -0.2) is 29.3 Å². The highest BCUT2D eigenvalue weighted by atomic mass is 19.1. The van der Waals surface area contributed by atoms with Gasteiger partial charge in [-0.2, -0.15) is 0 Å². The number of rotatable bonds is 2. The molecule has 0 N–H and O–H groups in total. The summed E-state index contributed by atoms with van der Waals surface area (Å²) in [5.74, 6) is -0.202. The minimum absolute atomic E-state index is 0.0420. The molecule has 2 rings (SSSR count). The molecule has 0 radical (unpaired) electrons. The van der Waals surface area contributed by atoms with Gasteiger partial charge in [-0.15, -0.1) is 0 Å². The van der Waals surface area contributed by atoms with Crippen molar-refractivity contribution in [1.82, 2.24) is 4.90 Å². The van der Waals surface area contributed by atoms with Gasteiger partial charge in [0.15, 0.2) is 5.78 Å². The van der Waals surface area contributed by atoms with Gasteiger partial charge in [-0.25, -0.2) is 4.39 Å². The summed E-state index contributed by atoms with van der Waals surface area (Å²) in [6.45, 7) is 8.47. The first-order chi connectivity index (χ1) is 8.88. The van der Waals surface area contributed by atoms with E-state index in [0.29, 0.717) is 5.56 Å². The Bertz CT molecular complexity index is 456. The first-order valence-electron chi connectivity index (χ1n) is 6.93. The highest BCUT2D eigenvalue weighted by Gasteiger charge is 2.30. The number of benzene rings is 1. The molecule has 1 aliphatic rings. The second-order valence-corrected chi connectivity index (χ2v) is 6.31. The van der Waals surface area contributed by atoms with Crippen molar-refractivity contribution in [1.29, 1.82) is 0 Å². The molecule has 1 aliphatic heterocycles. The lowest BCUT2D eigenvalue weighted by atomic mass is 9.87. The Balaban J connectivity index is 2.00. The summed E-state index contributed by atoms with van der Waals surface area (Å²) in [7, 11) is 0. The maximum atomic E-state index is 13.2. The number of hydrogen-bond donors (Lipinski definition) is 0. The quantitative estimate of drug-likeness (QED) is 0.761. The van der Waals surface area contributed by atoms with Crippen LogP contribution in [0.2, 0.25) is 0 Å². The SMILES string of the molecule is CC(C)(C)N1CCC(C(=O)c2cccc(F)c2)CC1. The highest BCUT2D eigenvalue weighted by molar-refractivity contribution is 5.97. The number of likely N-dealkylation sites (tertiary alicyclic amines) is 1. The number of carbonyl (C=O) groups excluding carboxylic acids is 1. The van der Waals surface area contributed by atoms with E-state index in [-0.39, 0.29) is 23.1 Å². The van der Waals surface area contributed by atoms with Crippen LogP contribution in [0, 0.1) is 11.7 Å². The summed E-state index contributed by atoms with van der Waals surface area (Å²) >= 11 is 0. The normalized spacial score (nSPS) is 18.5. The van der Waals surface area contributed by atoms with Gasteiger partial charge in [0, 0.05) is 17.0 Å². The molecule has 0 atom stereocenters. The molecular formula is C16H22FNO. The molecule has 0 unspecified atom stereocenters. The van der Waals surface area contributed by atoms with Crippen molar-refractivity contribution in [3.8, 4) is 0 Å². The fourth-order valence-corrected chi connectivity index (χ4v) is 2.69. The summed E-state index contributed by atoms with van der Waals surface area (Å²) in [6, 6.07) is 6.03. The zero-order chi connectivity index (χ0) is 14.0. The maximum absolute atomic E-state index is 13.2. The standard InChI is InChI=1S/C16H22FNO/c1-16(2,3)18-9-7-12(8-10-18)15(19)13-5-4-6-14(17)11-13/h4-6,11-12H,7-10H2,1-3H3. The Morgan fingerprint density at radius 3 is 2.42 bits per heavy atom.